The largest absolute Gasteiger partial charge is 0.340 e. The maximum atomic E-state index is 4.22. The summed E-state index contributed by atoms with van der Waals surface area (Å²) in [7, 11) is 0. The highest BCUT2D eigenvalue weighted by Crippen LogP contribution is 2.17. The zero-order chi connectivity index (χ0) is 10.7. The number of rotatable bonds is 2. The number of nitrogens with zero attached hydrogens (tertiary/aromatic N) is 1. The fourth-order valence-electron chi connectivity index (χ4n) is 1.63. The molecular formula is C13H14N2. The van der Waals surface area contributed by atoms with E-state index in [9.17, 15) is 0 Å². The van der Waals surface area contributed by atoms with Crippen molar-refractivity contribution in [2.75, 3.05) is 5.32 Å². The third-order valence-corrected chi connectivity index (χ3v) is 2.16. The quantitative estimate of drug-likeness (QED) is 0.799. The van der Waals surface area contributed by atoms with Gasteiger partial charge in [-0.05, 0) is 49.2 Å². The highest BCUT2D eigenvalue weighted by Gasteiger charge is 1.96. The van der Waals surface area contributed by atoms with Crippen molar-refractivity contribution >= 4 is 11.5 Å². The van der Waals surface area contributed by atoms with Crippen LogP contribution in [0.3, 0.4) is 0 Å². The Morgan fingerprint density at radius 2 is 1.73 bits per heavy atom. The summed E-state index contributed by atoms with van der Waals surface area (Å²) in [5.41, 5.74) is 3.60. The fourth-order valence-corrected chi connectivity index (χ4v) is 1.63. The molecule has 0 fully saturated rings. The normalized spacial score (nSPS) is 10.0. The van der Waals surface area contributed by atoms with E-state index < -0.39 is 0 Å². The molecule has 0 aliphatic heterocycles. The Morgan fingerprint density at radius 3 is 2.33 bits per heavy atom. The zero-order valence-corrected chi connectivity index (χ0v) is 8.99. The van der Waals surface area contributed by atoms with Gasteiger partial charge >= 0.3 is 0 Å². The number of anilines is 2. The van der Waals surface area contributed by atoms with Gasteiger partial charge in [0.1, 0.15) is 5.82 Å². The maximum absolute atomic E-state index is 4.22. The first kappa shape index (κ1) is 9.71. The molecule has 0 aliphatic rings. The second-order valence-corrected chi connectivity index (χ2v) is 3.72. The van der Waals surface area contributed by atoms with Gasteiger partial charge in [-0.3, -0.25) is 0 Å². The highest BCUT2D eigenvalue weighted by atomic mass is 15.0. The SMILES string of the molecule is Cc1cc(C)cc(Nc2ccccn2)c1. The molecule has 0 saturated heterocycles. The Kier molecular flexibility index (Phi) is 2.68. The minimum Gasteiger partial charge on any atom is -0.340 e. The lowest BCUT2D eigenvalue weighted by Gasteiger charge is -2.07. The second kappa shape index (κ2) is 4.13. The fraction of sp³-hybridized carbons (Fsp3) is 0.154. The molecule has 2 heteroatoms. The number of benzene rings is 1. The Hall–Kier alpha value is -1.83. The highest BCUT2D eigenvalue weighted by molar-refractivity contribution is 5.57. The van der Waals surface area contributed by atoms with Crippen LogP contribution in [0.25, 0.3) is 0 Å². The van der Waals surface area contributed by atoms with Crippen molar-refractivity contribution < 1.29 is 0 Å². The average molecular weight is 198 g/mol. The van der Waals surface area contributed by atoms with Crippen molar-refractivity contribution in [3.63, 3.8) is 0 Å². The molecular weight excluding hydrogens is 184 g/mol. The lowest BCUT2D eigenvalue weighted by Crippen LogP contribution is -1.93. The number of hydrogen-bond donors (Lipinski definition) is 1. The van der Waals surface area contributed by atoms with E-state index in [1.165, 1.54) is 11.1 Å². The van der Waals surface area contributed by atoms with Crippen LogP contribution in [0.2, 0.25) is 0 Å². The molecule has 0 bridgehead atoms. The summed E-state index contributed by atoms with van der Waals surface area (Å²) in [4.78, 5) is 4.22. The lowest BCUT2D eigenvalue weighted by atomic mass is 10.1. The van der Waals surface area contributed by atoms with Crippen molar-refractivity contribution in [3.8, 4) is 0 Å². The number of aryl methyl sites for hydroxylation is 2. The predicted octanol–water partition coefficient (Wildman–Crippen LogP) is 3.44. The summed E-state index contributed by atoms with van der Waals surface area (Å²) in [6.45, 7) is 4.19. The van der Waals surface area contributed by atoms with E-state index in [0.717, 1.165) is 11.5 Å². The van der Waals surface area contributed by atoms with Crippen molar-refractivity contribution in [1.29, 1.82) is 0 Å². The van der Waals surface area contributed by atoms with Gasteiger partial charge in [-0.25, -0.2) is 4.98 Å². The maximum Gasteiger partial charge on any atom is 0.130 e. The molecule has 76 valence electrons. The second-order valence-electron chi connectivity index (χ2n) is 3.72. The summed E-state index contributed by atoms with van der Waals surface area (Å²) < 4.78 is 0. The summed E-state index contributed by atoms with van der Waals surface area (Å²) in [6, 6.07) is 12.2. The van der Waals surface area contributed by atoms with Crippen LogP contribution in [-0.2, 0) is 0 Å². The number of pyridine rings is 1. The van der Waals surface area contributed by atoms with Crippen molar-refractivity contribution in [3.05, 3.63) is 53.7 Å². The van der Waals surface area contributed by atoms with Gasteiger partial charge in [0, 0.05) is 11.9 Å². The third-order valence-electron chi connectivity index (χ3n) is 2.16. The molecule has 0 radical (unpaired) electrons. The molecule has 15 heavy (non-hydrogen) atoms. The standard InChI is InChI=1S/C13H14N2/c1-10-7-11(2)9-12(8-10)15-13-5-3-4-6-14-13/h3-9H,1-2H3,(H,14,15). The molecule has 2 rings (SSSR count). The Labute approximate surface area is 90.0 Å². The molecule has 0 spiro atoms. The van der Waals surface area contributed by atoms with Gasteiger partial charge in [0.25, 0.3) is 0 Å². The average Bonchev–Trinajstić information content (AvgIpc) is 2.17. The molecule has 0 saturated carbocycles. The molecule has 2 nitrogen and oxygen atoms in total. The van der Waals surface area contributed by atoms with Crippen LogP contribution in [0, 0.1) is 13.8 Å². The van der Waals surface area contributed by atoms with Gasteiger partial charge in [-0.15, -0.1) is 0 Å². The van der Waals surface area contributed by atoms with Crippen LogP contribution in [0.1, 0.15) is 11.1 Å². The molecule has 1 aromatic carbocycles. The van der Waals surface area contributed by atoms with Crippen LogP contribution >= 0.6 is 0 Å². The smallest absolute Gasteiger partial charge is 0.130 e. The molecule has 1 aromatic heterocycles. The van der Waals surface area contributed by atoms with Crippen LogP contribution in [0.5, 0.6) is 0 Å². The lowest BCUT2D eigenvalue weighted by molar-refractivity contribution is 1.30. The molecule has 0 aliphatic carbocycles. The molecule has 0 atom stereocenters. The van der Waals surface area contributed by atoms with E-state index >= 15 is 0 Å². The van der Waals surface area contributed by atoms with Gasteiger partial charge in [0.2, 0.25) is 0 Å². The summed E-state index contributed by atoms with van der Waals surface area (Å²) in [5.74, 6) is 0.877. The first-order valence-corrected chi connectivity index (χ1v) is 5.00. The van der Waals surface area contributed by atoms with Crippen molar-refractivity contribution in [2.24, 2.45) is 0 Å². The Balaban J connectivity index is 2.25. The molecule has 1 heterocycles. The number of nitrogens with one attached hydrogen (secondary N) is 1. The topological polar surface area (TPSA) is 24.9 Å². The van der Waals surface area contributed by atoms with E-state index in [-0.39, 0.29) is 0 Å². The first-order valence-electron chi connectivity index (χ1n) is 5.00. The minimum absolute atomic E-state index is 0.877. The minimum atomic E-state index is 0.877. The third kappa shape index (κ3) is 2.56. The van der Waals surface area contributed by atoms with Gasteiger partial charge in [0.15, 0.2) is 0 Å². The van der Waals surface area contributed by atoms with E-state index in [0.29, 0.717) is 0 Å². The van der Waals surface area contributed by atoms with Gasteiger partial charge in [-0.2, -0.15) is 0 Å². The summed E-state index contributed by atoms with van der Waals surface area (Å²) in [6.07, 6.45) is 1.78. The molecule has 0 unspecified atom stereocenters. The van der Waals surface area contributed by atoms with E-state index in [4.69, 9.17) is 0 Å². The van der Waals surface area contributed by atoms with Crippen LogP contribution in [0.4, 0.5) is 11.5 Å². The van der Waals surface area contributed by atoms with Crippen LogP contribution < -0.4 is 5.32 Å². The van der Waals surface area contributed by atoms with Crippen LogP contribution in [-0.4, -0.2) is 4.98 Å². The Bertz CT molecular complexity index is 429. The molecule has 1 N–H and O–H groups in total. The number of aromatic nitrogens is 1. The van der Waals surface area contributed by atoms with E-state index in [2.05, 4.69) is 42.3 Å². The van der Waals surface area contributed by atoms with Gasteiger partial charge in [-0.1, -0.05) is 12.1 Å². The molecule has 2 aromatic rings. The summed E-state index contributed by atoms with van der Waals surface area (Å²) >= 11 is 0. The van der Waals surface area contributed by atoms with Crippen LogP contribution in [0.15, 0.2) is 42.6 Å². The van der Waals surface area contributed by atoms with E-state index in [1.807, 2.05) is 18.2 Å². The van der Waals surface area contributed by atoms with Gasteiger partial charge < -0.3 is 5.32 Å². The molecule has 0 amide bonds. The van der Waals surface area contributed by atoms with Crippen molar-refractivity contribution in [1.82, 2.24) is 4.98 Å². The predicted molar refractivity (Wildman–Crippen MR) is 63.4 cm³/mol. The Morgan fingerprint density at radius 1 is 1.00 bits per heavy atom. The monoisotopic (exact) mass is 198 g/mol. The number of hydrogen-bond acceptors (Lipinski definition) is 2. The van der Waals surface area contributed by atoms with Crippen molar-refractivity contribution in [2.45, 2.75) is 13.8 Å². The van der Waals surface area contributed by atoms with E-state index in [1.54, 1.807) is 6.20 Å². The summed E-state index contributed by atoms with van der Waals surface area (Å²) in [5, 5.41) is 3.27. The van der Waals surface area contributed by atoms with Gasteiger partial charge in [0.05, 0.1) is 0 Å². The first-order chi connectivity index (χ1) is 7.24. The zero-order valence-electron chi connectivity index (χ0n) is 8.99.